The second-order valence-electron chi connectivity index (χ2n) is 5.43. The first-order valence-electron chi connectivity index (χ1n) is 7.46. The van der Waals surface area contributed by atoms with Crippen LogP contribution in [-0.4, -0.2) is 25.3 Å². The number of ether oxygens (including phenoxy) is 1. The second-order valence-corrected chi connectivity index (χ2v) is 7.63. The van der Waals surface area contributed by atoms with Crippen LogP contribution in [0.4, 0.5) is 0 Å². The van der Waals surface area contributed by atoms with Crippen molar-refractivity contribution < 1.29 is 13.2 Å². The molecule has 0 radical (unpaired) electrons. The zero-order chi connectivity index (χ0) is 18.9. The SMILES string of the molecule is COc1ccc(-c2cc(CCl)nn2-c2ccccc2S(N)(=O)=O)cc1Cl. The van der Waals surface area contributed by atoms with Crippen molar-refractivity contribution in [1.82, 2.24) is 9.78 Å². The average Bonchev–Trinajstić information content (AvgIpc) is 3.05. The van der Waals surface area contributed by atoms with E-state index in [2.05, 4.69) is 5.10 Å². The van der Waals surface area contributed by atoms with E-state index in [1.165, 1.54) is 17.9 Å². The fourth-order valence-electron chi connectivity index (χ4n) is 2.58. The van der Waals surface area contributed by atoms with E-state index in [1.54, 1.807) is 42.5 Å². The molecule has 0 aliphatic carbocycles. The number of benzene rings is 2. The Kier molecular flexibility index (Phi) is 5.24. The highest BCUT2D eigenvalue weighted by molar-refractivity contribution is 7.89. The third-order valence-corrected chi connectivity index (χ3v) is 5.27. The Balaban J connectivity index is 2.26. The standard InChI is InChI=1S/C17H15Cl2N3O3S/c1-25-16-7-6-11(8-13(16)19)15-9-12(10-18)21-22(15)14-4-2-3-5-17(14)26(20,23)24/h2-9H,10H2,1H3,(H2,20,23,24). The van der Waals surface area contributed by atoms with Crippen LogP contribution in [0.15, 0.2) is 53.4 Å². The van der Waals surface area contributed by atoms with E-state index >= 15 is 0 Å². The lowest BCUT2D eigenvalue weighted by atomic mass is 10.1. The Morgan fingerprint density at radius 2 is 1.92 bits per heavy atom. The van der Waals surface area contributed by atoms with Crippen molar-refractivity contribution in [3.8, 4) is 22.7 Å². The first kappa shape index (κ1) is 18.7. The number of nitrogens with two attached hydrogens (primary N) is 1. The molecule has 2 aromatic carbocycles. The van der Waals surface area contributed by atoms with E-state index < -0.39 is 10.0 Å². The minimum Gasteiger partial charge on any atom is -0.495 e. The van der Waals surface area contributed by atoms with Crippen molar-refractivity contribution in [3.63, 3.8) is 0 Å². The molecule has 0 aliphatic heterocycles. The van der Waals surface area contributed by atoms with Gasteiger partial charge >= 0.3 is 0 Å². The van der Waals surface area contributed by atoms with Gasteiger partial charge in [0.1, 0.15) is 10.6 Å². The van der Waals surface area contributed by atoms with Crippen LogP contribution in [0.5, 0.6) is 5.75 Å². The molecule has 6 nitrogen and oxygen atoms in total. The molecule has 0 atom stereocenters. The lowest BCUT2D eigenvalue weighted by molar-refractivity contribution is 0.415. The Morgan fingerprint density at radius 3 is 2.54 bits per heavy atom. The molecular formula is C17H15Cl2N3O3S. The molecule has 136 valence electrons. The summed E-state index contributed by atoms with van der Waals surface area (Å²) in [6.07, 6.45) is 0. The average molecular weight is 412 g/mol. The number of primary sulfonamides is 1. The van der Waals surface area contributed by atoms with Crippen molar-refractivity contribution in [3.05, 3.63) is 59.2 Å². The summed E-state index contributed by atoms with van der Waals surface area (Å²) in [5.74, 6) is 0.700. The summed E-state index contributed by atoms with van der Waals surface area (Å²) in [6, 6.07) is 13.4. The molecule has 1 aromatic heterocycles. The second kappa shape index (κ2) is 7.28. The molecule has 1 heterocycles. The summed E-state index contributed by atoms with van der Waals surface area (Å²) in [6.45, 7) is 0. The van der Waals surface area contributed by atoms with E-state index in [-0.39, 0.29) is 10.8 Å². The van der Waals surface area contributed by atoms with Crippen LogP contribution in [0, 0.1) is 0 Å². The van der Waals surface area contributed by atoms with Gasteiger partial charge in [0.2, 0.25) is 10.0 Å². The van der Waals surface area contributed by atoms with Crippen molar-refractivity contribution in [2.75, 3.05) is 7.11 Å². The third-order valence-electron chi connectivity index (χ3n) is 3.74. The van der Waals surface area contributed by atoms with Gasteiger partial charge in [-0.2, -0.15) is 5.10 Å². The quantitative estimate of drug-likeness (QED) is 0.649. The fraction of sp³-hybridized carbons (Fsp3) is 0.118. The molecule has 0 saturated carbocycles. The summed E-state index contributed by atoms with van der Waals surface area (Å²) in [5, 5.41) is 10.2. The summed E-state index contributed by atoms with van der Waals surface area (Å²) in [7, 11) is -2.41. The summed E-state index contributed by atoms with van der Waals surface area (Å²) in [4.78, 5) is -0.0370. The molecule has 3 aromatic rings. The molecule has 0 aliphatic rings. The lowest BCUT2D eigenvalue weighted by Gasteiger charge is -2.12. The maximum absolute atomic E-state index is 12.0. The van der Waals surface area contributed by atoms with Crippen LogP contribution < -0.4 is 9.88 Å². The molecule has 0 bridgehead atoms. The molecule has 0 amide bonds. The van der Waals surface area contributed by atoms with E-state index in [0.717, 1.165) is 5.56 Å². The number of sulfonamides is 1. The molecule has 3 rings (SSSR count). The molecule has 0 fully saturated rings. The van der Waals surface area contributed by atoms with Gasteiger partial charge < -0.3 is 4.74 Å². The summed E-state index contributed by atoms with van der Waals surface area (Å²) in [5.41, 5.74) is 2.26. The Hall–Kier alpha value is -2.06. The minimum atomic E-state index is -3.94. The lowest BCUT2D eigenvalue weighted by Crippen LogP contribution is -2.16. The van der Waals surface area contributed by atoms with Crippen LogP contribution in [-0.2, 0) is 15.9 Å². The maximum atomic E-state index is 12.0. The molecule has 26 heavy (non-hydrogen) atoms. The van der Waals surface area contributed by atoms with Crippen molar-refractivity contribution in [2.24, 2.45) is 5.14 Å². The van der Waals surface area contributed by atoms with Crippen LogP contribution in [0.1, 0.15) is 5.69 Å². The van der Waals surface area contributed by atoms with E-state index in [9.17, 15) is 8.42 Å². The van der Waals surface area contributed by atoms with Crippen molar-refractivity contribution in [2.45, 2.75) is 10.8 Å². The zero-order valence-corrected chi connectivity index (χ0v) is 16.0. The van der Waals surface area contributed by atoms with Gasteiger partial charge in [-0.25, -0.2) is 18.2 Å². The van der Waals surface area contributed by atoms with Gasteiger partial charge in [0.05, 0.1) is 35.1 Å². The van der Waals surface area contributed by atoms with E-state index in [4.69, 9.17) is 33.1 Å². The zero-order valence-electron chi connectivity index (χ0n) is 13.7. The van der Waals surface area contributed by atoms with E-state index in [0.29, 0.717) is 27.8 Å². The van der Waals surface area contributed by atoms with Gasteiger partial charge in [-0.05, 0) is 36.4 Å². The van der Waals surface area contributed by atoms with E-state index in [1.807, 2.05) is 0 Å². The van der Waals surface area contributed by atoms with Crippen LogP contribution >= 0.6 is 23.2 Å². The number of para-hydroxylation sites is 1. The number of alkyl halides is 1. The topological polar surface area (TPSA) is 87.2 Å². The Morgan fingerprint density at radius 1 is 1.19 bits per heavy atom. The van der Waals surface area contributed by atoms with Crippen LogP contribution in [0.3, 0.4) is 0 Å². The normalized spacial score (nSPS) is 11.5. The van der Waals surface area contributed by atoms with Crippen LogP contribution in [0.2, 0.25) is 5.02 Å². The van der Waals surface area contributed by atoms with Gasteiger partial charge in [0.15, 0.2) is 0 Å². The maximum Gasteiger partial charge on any atom is 0.240 e. The predicted molar refractivity (Wildman–Crippen MR) is 101 cm³/mol. The molecule has 0 unspecified atom stereocenters. The molecule has 9 heteroatoms. The highest BCUT2D eigenvalue weighted by Crippen LogP contribution is 2.33. The fourth-order valence-corrected chi connectivity index (χ4v) is 3.69. The molecule has 0 saturated heterocycles. The van der Waals surface area contributed by atoms with Crippen molar-refractivity contribution >= 4 is 33.2 Å². The number of methoxy groups -OCH3 is 1. The van der Waals surface area contributed by atoms with Crippen molar-refractivity contribution in [1.29, 1.82) is 0 Å². The Labute approximate surface area is 161 Å². The highest BCUT2D eigenvalue weighted by Gasteiger charge is 2.19. The smallest absolute Gasteiger partial charge is 0.240 e. The van der Waals surface area contributed by atoms with Crippen LogP contribution in [0.25, 0.3) is 16.9 Å². The minimum absolute atomic E-state index is 0.0370. The number of nitrogens with zero attached hydrogens (tertiary/aromatic N) is 2. The molecule has 2 N–H and O–H groups in total. The van der Waals surface area contributed by atoms with Gasteiger partial charge in [-0.1, -0.05) is 23.7 Å². The highest BCUT2D eigenvalue weighted by atomic mass is 35.5. The number of aromatic nitrogens is 2. The predicted octanol–water partition coefficient (Wildman–Crippen LogP) is 3.59. The van der Waals surface area contributed by atoms with Gasteiger partial charge in [0, 0.05) is 5.56 Å². The Bertz CT molecular complexity index is 1060. The van der Waals surface area contributed by atoms with Gasteiger partial charge in [-0.3, -0.25) is 0 Å². The number of hydrogen-bond donors (Lipinski definition) is 1. The summed E-state index contributed by atoms with van der Waals surface area (Å²) < 4.78 is 30.6. The number of halogens is 2. The number of hydrogen-bond acceptors (Lipinski definition) is 4. The summed E-state index contributed by atoms with van der Waals surface area (Å²) >= 11 is 12.2. The van der Waals surface area contributed by atoms with Gasteiger partial charge in [0.25, 0.3) is 0 Å². The largest absolute Gasteiger partial charge is 0.495 e. The van der Waals surface area contributed by atoms with Gasteiger partial charge in [-0.15, -0.1) is 11.6 Å². The third kappa shape index (κ3) is 3.57. The first-order chi connectivity index (χ1) is 12.3. The molecular weight excluding hydrogens is 397 g/mol. The monoisotopic (exact) mass is 411 g/mol. The molecule has 0 spiro atoms. The number of rotatable bonds is 5. The first-order valence-corrected chi connectivity index (χ1v) is 9.92.